The van der Waals surface area contributed by atoms with E-state index in [4.69, 9.17) is 0 Å². The third-order valence-electron chi connectivity index (χ3n) is 3.21. The van der Waals surface area contributed by atoms with Gasteiger partial charge in [-0.05, 0) is 55.7 Å². The zero-order valence-corrected chi connectivity index (χ0v) is 13.3. The maximum absolute atomic E-state index is 11.8. The summed E-state index contributed by atoms with van der Waals surface area (Å²) in [5.41, 5.74) is 3.67. The lowest BCUT2D eigenvalue weighted by Gasteiger charge is -2.08. The van der Waals surface area contributed by atoms with E-state index in [0.29, 0.717) is 18.1 Å². The van der Waals surface area contributed by atoms with Crippen LogP contribution in [0.5, 0.6) is 0 Å². The SMILES string of the molecule is CCCCNC(=O)c1ccc(Nc2cc(C)cc(C)c2)nn1. The second kappa shape index (κ2) is 7.54. The van der Waals surface area contributed by atoms with Crippen molar-refractivity contribution < 1.29 is 4.79 Å². The van der Waals surface area contributed by atoms with Crippen LogP contribution in [0.1, 0.15) is 41.4 Å². The Kier molecular flexibility index (Phi) is 5.47. The third kappa shape index (κ3) is 4.55. The fraction of sp³-hybridized carbons (Fsp3) is 0.353. The summed E-state index contributed by atoms with van der Waals surface area (Å²) in [7, 11) is 0. The number of carbonyl (C=O) groups is 1. The van der Waals surface area contributed by atoms with Crippen LogP contribution in [0.3, 0.4) is 0 Å². The first-order valence-corrected chi connectivity index (χ1v) is 7.55. The Bertz CT molecular complexity index is 617. The van der Waals surface area contributed by atoms with Crippen molar-refractivity contribution in [2.45, 2.75) is 33.6 Å². The fourth-order valence-electron chi connectivity index (χ4n) is 2.18. The average molecular weight is 298 g/mol. The van der Waals surface area contributed by atoms with E-state index in [1.807, 2.05) is 26.0 Å². The van der Waals surface area contributed by atoms with E-state index in [0.717, 1.165) is 18.5 Å². The summed E-state index contributed by atoms with van der Waals surface area (Å²) in [5, 5.41) is 14.1. The monoisotopic (exact) mass is 298 g/mol. The first kappa shape index (κ1) is 15.9. The second-order valence-electron chi connectivity index (χ2n) is 5.41. The number of hydrogen-bond acceptors (Lipinski definition) is 4. The number of carbonyl (C=O) groups excluding carboxylic acids is 1. The van der Waals surface area contributed by atoms with Crippen LogP contribution in [0.15, 0.2) is 30.3 Å². The Morgan fingerprint density at radius 2 is 1.82 bits per heavy atom. The van der Waals surface area contributed by atoms with E-state index >= 15 is 0 Å². The quantitative estimate of drug-likeness (QED) is 0.802. The molecule has 2 aromatic rings. The highest BCUT2D eigenvalue weighted by molar-refractivity contribution is 5.92. The molecule has 2 N–H and O–H groups in total. The van der Waals surface area contributed by atoms with Crippen molar-refractivity contribution in [3.63, 3.8) is 0 Å². The molecular weight excluding hydrogens is 276 g/mol. The molecule has 0 spiro atoms. The second-order valence-corrected chi connectivity index (χ2v) is 5.41. The Morgan fingerprint density at radius 1 is 1.09 bits per heavy atom. The molecule has 5 heteroatoms. The highest BCUT2D eigenvalue weighted by Crippen LogP contribution is 2.17. The molecule has 0 bridgehead atoms. The lowest BCUT2D eigenvalue weighted by Crippen LogP contribution is -2.25. The predicted octanol–water partition coefficient (Wildman–Crippen LogP) is 3.37. The van der Waals surface area contributed by atoms with Crippen molar-refractivity contribution >= 4 is 17.4 Å². The fourth-order valence-corrected chi connectivity index (χ4v) is 2.18. The van der Waals surface area contributed by atoms with Gasteiger partial charge in [0.2, 0.25) is 0 Å². The highest BCUT2D eigenvalue weighted by atomic mass is 16.1. The lowest BCUT2D eigenvalue weighted by atomic mass is 10.1. The molecule has 1 heterocycles. The maximum atomic E-state index is 11.8. The number of nitrogens with one attached hydrogen (secondary N) is 2. The van der Waals surface area contributed by atoms with E-state index in [1.54, 1.807) is 12.1 Å². The van der Waals surface area contributed by atoms with E-state index in [1.165, 1.54) is 11.1 Å². The molecule has 22 heavy (non-hydrogen) atoms. The van der Waals surface area contributed by atoms with Crippen LogP contribution in [0, 0.1) is 13.8 Å². The molecular formula is C17H22N4O. The number of unbranched alkanes of at least 4 members (excludes halogenated alkanes) is 1. The van der Waals surface area contributed by atoms with Gasteiger partial charge in [-0.25, -0.2) is 0 Å². The standard InChI is InChI=1S/C17H22N4O/c1-4-5-8-18-17(22)15-6-7-16(21-20-15)19-14-10-12(2)9-13(3)11-14/h6-7,9-11H,4-5,8H2,1-3H3,(H,18,22)(H,19,21). The molecule has 0 unspecified atom stereocenters. The summed E-state index contributed by atoms with van der Waals surface area (Å²) in [4.78, 5) is 11.8. The number of nitrogens with zero attached hydrogens (tertiary/aromatic N) is 2. The minimum atomic E-state index is -0.182. The molecule has 0 aliphatic rings. The normalized spacial score (nSPS) is 10.3. The average Bonchev–Trinajstić information content (AvgIpc) is 2.47. The van der Waals surface area contributed by atoms with Gasteiger partial charge in [-0.2, -0.15) is 0 Å². The number of anilines is 2. The highest BCUT2D eigenvalue weighted by Gasteiger charge is 2.07. The van der Waals surface area contributed by atoms with Crippen LogP contribution >= 0.6 is 0 Å². The zero-order chi connectivity index (χ0) is 15.9. The summed E-state index contributed by atoms with van der Waals surface area (Å²) < 4.78 is 0. The molecule has 0 aliphatic carbocycles. The first-order chi connectivity index (χ1) is 10.6. The molecule has 116 valence electrons. The third-order valence-corrected chi connectivity index (χ3v) is 3.21. The molecule has 0 radical (unpaired) electrons. The van der Waals surface area contributed by atoms with Crippen molar-refractivity contribution in [2.75, 3.05) is 11.9 Å². The van der Waals surface area contributed by atoms with E-state index in [9.17, 15) is 4.79 Å². The number of benzene rings is 1. The van der Waals surface area contributed by atoms with Gasteiger partial charge >= 0.3 is 0 Å². The van der Waals surface area contributed by atoms with E-state index in [2.05, 4.69) is 33.8 Å². The van der Waals surface area contributed by atoms with Crippen LogP contribution in [-0.4, -0.2) is 22.6 Å². The van der Waals surface area contributed by atoms with Crippen molar-refractivity contribution in [1.29, 1.82) is 0 Å². The molecule has 1 aromatic heterocycles. The number of hydrogen-bond donors (Lipinski definition) is 2. The number of rotatable bonds is 6. The van der Waals surface area contributed by atoms with Gasteiger partial charge in [-0.3, -0.25) is 4.79 Å². The summed E-state index contributed by atoms with van der Waals surface area (Å²) in [5.74, 6) is 0.439. The van der Waals surface area contributed by atoms with Crippen LogP contribution in [0.25, 0.3) is 0 Å². The molecule has 0 aliphatic heterocycles. The van der Waals surface area contributed by atoms with Gasteiger partial charge in [0.15, 0.2) is 11.5 Å². The number of aryl methyl sites for hydroxylation is 2. The summed E-state index contributed by atoms with van der Waals surface area (Å²) >= 11 is 0. The van der Waals surface area contributed by atoms with E-state index < -0.39 is 0 Å². The van der Waals surface area contributed by atoms with Crippen molar-refractivity contribution in [1.82, 2.24) is 15.5 Å². The summed E-state index contributed by atoms with van der Waals surface area (Å²) in [6.45, 7) is 6.85. The number of aromatic nitrogens is 2. The topological polar surface area (TPSA) is 66.9 Å². The van der Waals surface area contributed by atoms with Gasteiger partial charge in [-0.1, -0.05) is 19.4 Å². The maximum Gasteiger partial charge on any atom is 0.271 e. The minimum Gasteiger partial charge on any atom is -0.351 e. The summed E-state index contributed by atoms with van der Waals surface area (Å²) in [6.07, 6.45) is 2.01. The van der Waals surface area contributed by atoms with Crippen molar-refractivity contribution in [3.8, 4) is 0 Å². The predicted molar refractivity (Wildman–Crippen MR) is 88.5 cm³/mol. The van der Waals surface area contributed by atoms with Crippen LogP contribution in [-0.2, 0) is 0 Å². The van der Waals surface area contributed by atoms with Gasteiger partial charge in [-0.15, -0.1) is 10.2 Å². The molecule has 5 nitrogen and oxygen atoms in total. The molecule has 0 saturated heterocycles. The molecule has 0 saturated carbocycles. The van der Waals surface area contributed by atoms with Crippen LogP contribution in [0.2, 0.25) is 0 Å². The Morgan fingerprint density at radius 3 is 2.41 bits per heavy atom. The van der Waals surface area contributed by atoms with Gasteiger partial charge in [0.25, 0.3) is 5.91 Å². The molecule has 2 rings (SSSR count). The van der Waals surface area contributed by atoms with E-state index in [-0.39, 0.29) is 5.91 Å². The Hall–Kier alpha value is -2.43. The van der Waals surface area contributed by atoms with Gasteiger partial charge in [0.05, 0.1) is 0 Å². The van der Waals surface area contributed by atoms with Crippen molar-refractivity contribution in [2.24, 2.45) is 0 Å². The largest absolute Gasteiger partial charge is 0.351 e. The van der Waals surface area contributed by atoms with Crippen LogP contribution in [0.4, 0.5) is 11.5 Å². The first-order valence-electron chi connectivity index (χ1n) is 7.55. The summed E-state index contributed by atoms with van der Waals surface area (Å²) in [6, 6.07) is 9.64. The zero-order valence-electron chi connectivity index (χ0n) is 13.3. The Balaban J connectivity index is 2.01. The van der Waals surface area contributed by atoms with Gasteiger partial charge in [0, 0.05) is 12.2 Å². The molecule has 1 aromatic carbocycles. The molecule has 1 amide bonds. The molecule has 0 fully saturated rings. The number of amides is 1. The van der Waals surface area contributed by atoms with Gasteiger partial charge in [0.1, 0.15) is 0 Å². The Labute approximate surface area is 131 Å². The van der Waals surface area contributed by atoms with Crippen LogP contribution < -0.4 is 10.6 Å². The van der Waals surface area contributed by atoms with Crippen molar-refractivity contribution in [3.05, 3.63) is 47.2 Å². The minimum absolute atomic E-state index is 0.182. The smallest absolute Gasteiger partial charge is 0.271 e. The molecule has 0 atom stereocenters. The lowest BCUT2D eigenvalue weighted by molar-refractivity contribution is 0.0947. The van der Waals surface area contributed by atoms with Gasteiger partial charge < -0.3 is 10.6 Å².